The number of amides is 2. The Morgan fingerprint density at radius 2 is 1.88 bits per heavy atom. The Morgan fingerprint density at radius 1 is 1.14 bits per heavy atom. The van der Waals surface area contributed by atoms with Gasteiger partial charge in [-0.05, 0) is 49.3 Å². The van der Waals surface area contributed by atoms with Gasteiger partial charge in [0.15, 0.2) is 0 Å². The topological polar surface area (TPSA) is 90.9 Å². The summed E-state index contributed by atoms with van der Waals surface area (Å²) in [4.78, 5) is 28.4. The number of benzene rings is 2. The summed E-state index contributed by atoms with van der Waals surface area (Å²) in [6.45, 7) is 14.4. The molecular formula is C36H51N3O4. The third kappa shape index (κ3) is 9.62. The summed E-state index contributed by atoms with van der Waals surface area (Å²) in [5.74, 6) is -0.518. The van der Waals surface area contributed by atoms with Crippen molar-refractivity contribution in [3.63, 3.8) is 0 Å². The van der Waals surface area contributed by atoms with E-state index in [-0.39, 0.29) is 36.4 Å². The molecule has 0 heterocycles. The van der Waals surface area contributed by atoms with E-state index in [9.17, 15) is 14.7 Å². The van der Waals surface area contributed by atoms with Crippen molar-refractivity contribution in [1.29, 1.82) is 0 Å². The monoisotopic (exact) mass is 589 g/mol. The predicted molar refractivity (Wildman–Crippen MR) is 174 cm³/mol. The molecule has 1 aliphatic carbocycles. The van der Waals surface area contributed by atoms with Crippen molar-refractivity contribution < 1.29 is 19.4 Å². The van der Waals surface area contributed by atoms with Crippen LogP contribution >= 0.6 is 0 Å². The van der Waals surface area contributed by atoms with Gasteiger partial charge in [-0.25, -0.2) is 0 Å². The van der Waals surface area contributed by atoms with Crippen LogP contribution in [-0.2, 0) is 20.7 Å². The van der Waals surface area contributed by atoms with Gasteiger partial charge in [0.1, 0.15) is 6.04 Å². The Kier molecular flexibility index (Phi) is 13.6. The number of carbonyl (C=O) groups is 2. The molecule has 0 saturated carbocycles. The van der Waals surface area contributed by atoms with Crippen LogP contribution in [0.5, 0.6) is 0 Å². The molecule has 0 aromatic heterocycles. The normalized spacial score (nSPS) is 18.6. The highest BCUT2D eigenvalue weighted by atomic mass is 16.5. The molecule has 1 aliphatic rings. The lowest BCUT2D eigenvalue weighted by atomic mass is 9.98. The third-order valence-electron chi connectivity index (χ3n) is 8.41. The minimum Gasteiger partial charge on any atom is -0.390 e. The number of hydrogen-bond acceptors (Lipinski definition) is 5. The minimum absolute atomic E-state index is 0.00863. The molecule has 7 nitrogen and oxygen atoms in total. The maximum absolute atomic E-state index is 13.7. The minimum atomic E-state index is -0.876. The van der Waals surface area contributed by atoms with Gasteiger partial charge in [-0.15, -0.1) is 13.2 Å². The van der Waals surface area contributed by atoms with Crippen molar-refractivity contribution in [1.82, 2.24) is 15.5 Å². The molecular weight excluding hydrogens is 538 g/mol. The number of likely N-dealkylation sites (N-methyl/N-ethyl adjacent to an activating group) is 1. The van der Waals surface area contributed by atoms with Crippen LogP contribution in [0.1, 0.15) is 80.4 Å². The van der Waals surface area contributed by atoms with E-state index in [1.54, 1.807) is 24.1 Å². The summed E-state index contributed by atoms with van der Waals surface area (Å²) in [6, 6.07) is 14.9. The molecule has 0 aliphatic heterocycles. The van der Waals surface area contributed by atoms with E-state index in [4.69, 9.17) is 4.74 Å². The van der Waals surface area contributed by atoms with Crippen LogP contribution in [0, 0.1) is 12.8 Å². The van der Waals surface area contributed by atoms with Crippen LogP contribution in [0.3, 0.4) is 0 Å². The molecule has 2 amide bonds. The standard InChI is InChI=1S/C36H51N3O4/c1-7-10-15-26(5)36(42)39(6)32(14-8-2)35(41)38-31(22-27-16-12-11-13-17-27)33(40)24-37-30-23-34(43-20-9-3)28-19-18-25(4)21-29(28)30/h8-9,11-13,16-19,21,26,30-34,37,40H,2-3,7,10,14-15,20,22-24H2,1,4-6H3,(H,38,41)/t26-,30-,31-,32-,33-,34+/m0/s1. The molecule has 6 atom stereocenters. The molecule has 2 aromatic rings. The smallest absolute Gasteiger partial charge is 0.243 e. The summed E-state index contributed by atoms with van der Waals surface area (Å²) in [5, 5.41) is 18.2. The van der Waals surface area contributed by atoms with E-state index < -0.39 is 18.2 Å². The number of carbonyl (C=O) groups excluding carboxylic acids is 2. The SMILES string of the molecule is C=CCO[C@@H]1C[C@H](NC[C@H](O)[C@H](Cc2ccccc2)NC(=O)[C@H](CC=C)N(C)C(=O)[C@@H](C)CCCC)c2cc(C)ccc21. The Hall–Kier alpha value is -3.26. The second kappa shape index (κ2) is 17.1. The zero-order valence-electron chi connectivity index (χ0n) is 26.4. The van der Waals surface area contributed by atoms with E-state index in [2.05, 4.69) is 55.8 Å². The lowest BCUT2D eigenvalue weighted by molar-refractivity contribution is -0.142. The Morgan fingerprint density at radius 3 is 2.56 bits per heavy atom. The molecule has 3 rings (SSSR count). The second-order valence-electron chi connectivity index (χ2n) is 11.8. The second-order valence-corrected chi connectivity index (χ2v) is 11.8. The van der Waals surface area contributed by atoms with Crippen LogP contribution in [0.4, 0.5) is 0 Å². The summed E-state index contributed by atoms with van der Waals surface area (Å²) in [6.07, 6.45) is 6.78. The number of aliphatic hydroxyl groups is 1. The summed E-state index contributed by atoms with van der Waals surface area (Å²) < 4.78 is 6.05. The van der Waals surface area contributed by atoms with Crippen LogP contribution in [0.15, 0.2) is 73.8 Å². The predicted octanol–water partition coefficient (Wildman–Crippen LogP) is 5.59. The molecule has 3 N–H and O–H groups in total. The van der Waals surface area contributed by atoms with Crippen molar-refractivity contribution in [3.05, 3.63) is 96.1 Å². The number of aryl methyl sites for hydroxylation is 1. The highest BCUT2D eigenvalue weighted by Gasteiger charge is 2.34. The number of nitrogens with zero attached hydrogens (tertiary/aromatic N) is 1. The van der Waals surface area contributed by atoms with E-state index >= 15 is 0 Å². The molecule has 7 heteroatoms. The summed E-state index contributed by atoms with van der Waals surface area (Å²) in [7, 11) is 1.69. The molecule has 0 unspecified atom stereocenters. The number of nitrogens with one attached hydrogen (secondary N) is 2. The first-order chi connectivity index (χ1) is 20.7. The quantitative estimate of drug-likeness (QED) is 0.197. The number of rotatable bonds is 18. The van der Waals surface area contributed by atoms with Gasteiger partial charge in [0.05, 0.1) is 24.9 Å². The van der Waals surface area contributed by atoms with Crippen molar-refractivity contribution in [3.8, 4) is 0 Å². The fourth-order valence-corrected chi connectivity index (χ4v) is 5.86. The van der Waals surface area contributed by atoms with Crippen LogP contribution in [0.25, 0.3) is 0 Å². The Labute approximate surface area is 258 Å². The van der Waals surface area contributed by atoms with Crippen LogP contribution < -0.4 is 10.6 Å². The van der Waals surface area contributed by atoms with Crippen molar-refractivity contribution in [2.24, 2.45) is 5.92 Å². The number of ether oxygens (including phenoxy) is 1. The highest BCUT2D eigenvalue weighted by Crippen LogP contribution is 2.41. The maximum Gasteiger partial charge on any atom is 0.243 e. The Balaban J connectivity index is 1.75. The molecule has 234 valence electrons. The van der Waals surface area contributed by atoms with Gasteiger partial charge >= 0.3 is 0 Å². The van der Waals surface area contributed by atoms with Gasteiger partial charge in [0.2, 0.25) is 11.8 Å². The van der Waals surface area contributed by atoms with Crippen LogP contribution in [0.2, 0.25) is 0 Å². The van der Waals surface area contributed by atoms with Gasteiger partial charge < -0.3 is 25.4 Å². The molecule has 43 heavy (non-hydrogen) atoms. The summed E-state index contributed by atoms with van der Waals surface area (Å²) in [5.41, 5.74) is 4.50. The number of aliphatic hydroxyl groups excluding tert-OH is 1. The van der Waals surface area contributed by atoms with E-state index in [0.717, 1.165) is 36.8 Å². The molecule has 0 fully saturated rings. The Bertz CT molecular complexity index is 1200. The zero-order valence-corrected chi connectivity index (χ0v) is 26.4. The molecule has 0 radical (unpaired) electrons. The van der Waals surface area contributed by atoms with Gasteiger partial charge in [-0.2, -0.15) is 0 Å². The number of fused-ring (bicyclic) bond motifs is 1. The molecule has 0 bridgehead atoms. The molecule has 0 saturated heterocycles. The lowest BCUT2D eigenvalue weighted by Crippen LogP contribution is -2.55. The largest absolute Gasteiger partial charge is 0.390 e. The number of hydrogen-bond donors (Lipinski definition) is 3. The van der Waals surface area contributed by atoms with Gasteiger partial charge in [-0.1, -0.05) is 92.9 Å². The highest BCUT2D eigenvalue weighted by molar-refractivity contribution is 5.88. The first-order valence-corrected chi connectivity index (χ1v) is 15.7. The molecule has 2 aromatic carbocycles. The molecule has 0 spiro atoms. The first kappa shape index (κ1) is 34.2. The average molecular weight is 590 g/mol. The lowest BCUT2D eigenvalue weighted by Gasteiger charge is -2.32. The summed E-state index contributed by atoms with van der Waals surface area (Å²) >= 11 is 0. The fraction of sp³-hybridized carbons (Fsp3) is 0.500. The van der Waals surface area contributed by atoms with E-state index in [0.29, 0.717) is 19.4 Å². The van der Waals surface area contributed by atoms with Crippen LogP contribution in [-0.4, -0.2) is 60.2 Å². The third-order valence-corrected chi connectivity index (χ3v) is 8.41. The first-order valence-electron chi connectivity index (χ1n) is 15.7. The van der Waals surface area contributed by atoms with Crippen molar-refractivity contribution in [2.45, 2.75) is 89.6 Å². The number of unbranched alkanes of at least 4 members (excludes halogenated alkanes) is 1. The maximum atomic E-state index is 13.7. The van der Waals surface area contributed by atoms with Gasteiger partial charge in [0, 0.05) is 25.6 Å². The van der Waals surface area contributed by atoms with Crippen molar-refractivity contribution >= 4 is 11.8 Å². The van der Waals surface area contributed by atoms with Gasteiger partial charge in [0.25, 0.3) is 0 Å². The van der Waals surface area contributed by atoms with Gasteiger partial charge in [-0.3, -0.25) is 9.59 Å². The fourth-order valence-electron chi connectivity index (χ4n) is 5.86. The zero-order chi connectivity index (χ0) is 31.4. The van der Waals surface area contributed by atoms with Crippen molar-refractivity contribution in [2.75, 3.05) is 20.2 Å². The van der Waals surface area contributed by atoms with E-state index in [1.807, 2.05) is 37.3 Å². The average Bonchev–Trinajstić information content (AvgIpc) is 3.35. The van der Waals surface area contributed by atoms with E-state index in [1.165, 1.54) is 11.1 Å².